The zero-order valence-corrected chi connectivity index (χ0v) is 24.2. The Balaban J connectivity index is 1.34. The SMILES string of the molecule is O=C1/C(=C/c2cn(-c3ccccc3)nc2-c2cccc(OCc3ccccc3Cl)c2)SC(=S)N1C1CCCCC1. The molecule has 0 unspecified atom stereocenters. The van der Waals surface area contributed by atoms with E-state index in [1.807, 2.05) is 101 Å². The Morgan fingerprint density at radius 1 is 1.00 bits per heavy atom. The molecule has 5 nitrogen and oxygen atoms in total. The molecule has 0 N–H and O–H groups in total. The van der Waals surface area contributed by atoms with Crippen LogP contribution in [-0.4, -0.2) is 30.9 Å². The third-order valence-electron chi connectivity index (χ3n) is 7.27. The molecule has 1 aliphatic heterocycles. The molecule has 2 heterocycles. The third kappa shape index (κ3) is 5.73. The Morgan fingerprint density at radius 2 is 1.77 bits per heavy atom. The van der Waals surface area contributed by atoms with Gasteiger partial charge in [0.05, 0.1) is 10.6 Å². The van der Waals surface area contributed by atoms with Gasteiger partial charge < -0.3 is 4.74 Å². The summed E-state index contributed by atoms with van der Waals surface area (Å²) in [7, 11) is 0. The van der Waals surface area contributed by atoms with Gasteiger partial charge in [0.2, 0.25) is 0 Å². The Morgan fingerprint density at radius 3 is 2.58 bits per heavy atom. The highest BCUT2D eigenvalue weighted by atomic mass is 35.5. The largest absolute Gasteiger partial charge is 0.489 e. The van der Waals surface area contributed by atoms with Crippen LogP contribution in [0, 0.1) is 0 Å². The van der Waals surface area contributed by atoms with Crippen molar-refractivity contribution in [3.63, 3.8) is 0 Å². The zero-order chi connectivity index (χ0) is 27.5. The standard InChI is InChI=1S/C32H28ClN3O2S2/c33-28-17-8-7-10-23(28)21-38-27-16-9-11-22(18-27)30-24(20-35(34-30)25-12-3-1-4-13-25)19-29-31(37)36(32(39)40-29)26-14-5-2-6-15-26/h1,3-4,7-13,16-20,26H,2,5-6,14-15,21H2/b29-19-. The van der Waals surface area contributed by atoms with E-state index in [0.717, 1.165) is 53.8 Å². The van der Waals surface area contributed by atoms with E-state index in [2.05, 4.69) is 0 Å². The Labute approximate surface area is 248 Å². The first kappa shape index (κ1) is 26.8. The van der Waals surface area contributed by atoms with Gasteiger partial charge in [0.25, 0.3) is 5.91 Å². The topological polar surface area (TPSA) is 47.4 Å². The minimum absolute atomic E-state index is 0.00265. The molecular formula is C32H28ClN3O2S2. The molecule has 1 saturated heterocycles. The number of amides is 1. The minimum Gasteiger partial charge on any atom is -0.489 e. The van der Waals surface area contributed by atoms with Crippen molar-refractivity contribution in [2.24, 2.45) is 0 Å². The van der Waals surface area contributed by atoms with E-state index in [1.54, 1.807) is 0 Å². The van der Waals surface area contributed by atoms with Crippen LogP contribution in [0.4, 0.5) is 0 Å². The number of carbonyl (C=O) groups excluding carboxylic acids is 1. The number of hydrogen-bond donors (Lipinski definition) is 0. The third-order valence-corrected chi connectivity index (χ3v) is 8.97. The van der Waals surface area contributed by atoms with Crippen LogP contribution >= 0.6 is 35.6 Å². The normalized spacial score (nSPS) is 17.1. The van der Waals surface area contributed by atoms with Crippen molar-refractivity contribution in [2.75, 3.05) is 0 Å². The monoisotopic (exact) mass is 585 g/mol. The fourth-order valence-corrected chi connectivity index (χ4v) is 6.80. The number of carbonyl (C=O) groups is 1. The molecule has 0 bridgehead atoms. The van der Waals surface area contributed by atoms with Crippen molar-refractivity contribution in [3.8, 4) is 22.7 Å². The van der Waals surface area contributed by atoms with Gasteiger partial charge in [0, 0.05) is 34.0 Å². The summed E-state index contributed by atoms with van der Waals surface area (Å²) in [5, 5.41) is 5.62. The number of benzene rings is 3. The Kier molecular flexibility index (Phi) is 8.05. The van der Waals surface area contributed by atoms with Crippen LogP contribution in [0.15, 0.2) is 90.0 Å². The molecule has 0 radical (unpaired) electrons. The van der Waals surface area contributed by atoms with Gasteiger partial charge >= 0.3 is 0 Å². The molecule has 202 valence electrons. The fourth-order valence-electron chi connectivity index (χ4n) is 5.22. The van der Waals surface area contributed by atoms with E-state index in [9.17, 15) is 4.79 Å². The zero-order valence-electron chi connectivity index (χ0n) is 21.8. The lowest BCUT2D eigenvalue weighted by atomic mass is 9.94. The van der Waals surface area contributed by atoms with Gasteiger partial charge in [-0.05, 0) is 49.2 Å². The van der Waals surface area contributed by atoms with Crippen LogP contribution in [0.2, 0.25) is 5.02 Å². The lowest BCUT2D eigenvalue weighted by Gasteiger charge is -2.29. The van der Waals surface area contributed by atoms with Gasteiger partial charge in [-0.3, -0.25) is 9.69 Å². The van der Waals surface area contributed by atoms with Crippen molar-refractivity contribution in [1.29, 1.82) is 0 Å². The lowest BCUT2D eigenvalue weighted by Crippen LogP contribution is -2.39. The molecule has 1 aromatic heterocycles. The Hall–Kier alpha value is -3.39. The predicted molar refractivity (Wildman–Crippen MR) is 167 cm³/mol. The van der Waals surface area contributed by atoms with Crippen LogP contribution in [0.5, 0.6) is 5.75 Å². The summed E-state index contributed by atoms with van der Waals surface area (Å²) in [5.41, 5.74) is 4.35. The molecule has 4 aromatic rings. The van der Waals surface area contributed by atoms with Crippen LogP contribution < -0.4 is 4.74 Å². The van der Waals surface area contributed by atoms with Crippen LogP contribution in [-0.2, 0) is 11.4 Å². The summed E-state index contributed by atoms with van der Waals surface area (Å²) >= 11 is 13.4. The van der Waals surface area contributed by atoms with Crippen molar-refractivity contribution >= 4 is 51.9 Å². The average molecular weight is 586 g/mol. The Bertz CT molecular complexity index is 1580. The highest BCUT2D eigenvalue weighted by Crippen LogP contribution is 2.39. The smallest absolute Gasteiger partial charge is 0.266 e. The lowest BCUT2D eigenvalue weighted by molar-refractivity contribution is -0.124. The van der Waals surface area contributed by atoms with Crippen LogP contribution in [0.3, 0.4) is 0 Å². The molecule has 3 aromatic carbocycles. The number of rotatable bonds is 7. The van der Waals surface area contributed by atoms with Crippen molar-refractivity contribution in [3.05, 3.63) is 106 Å². The van der Waals surface area contributed by atoms with Crippen molar-refractivity contribution < 1.29 is 9.53 Å². The number of hydrogen-bond acceptors (Lipinski definition) is 5. The number of para-hydroxylation sites is 1. The van der Waals surface area contributed by atoms with E-state index in [1.165, 1.54) is 18.2 Å². The molecule has 8 heteroatoms. The summed E-state index contributed by atoms with van der Waals surface area (Å²) in [4.78, 5) is 16.0. The van der Waals surface area contributed by atoms with Gasteiger partial charge in [-0.15, -0.1) is 0 Å². The molecule has 1 aliphatic carbocycles. The van der Waals surface area contributed by atoms with Gasteiger partial charge in [-0.2, -0.15) is 5.10 Å². The maximum absolute atomic E-state index is 13.5. The molecule has 0 spiro atoms. The fraction of sp³-hybridized carbons (Fsp3) is 0.219. The summed E-state index contributed by atoms with van der Waals surface area (Å²) in [5.74, 6) is 0.707. The molecule has 1 saturated carbocycles. The molecule has 2 aliphatic rings. The molecule has 2 fully saturated rings. The molecule has 1 amide bonds. The van der Waals surface area contributed by atoms with E-state index in [0.29, 0.717) is 26.6 Å². The number of halogens is 1. The minimum atomic E-state index is -0.00265. The summed E-state index contributed by atoms with van der Waals surface area (Å²) in [6, 6.07) is 25.7. The van der Waals surface area contributed by atoms with Gasteiger partial charge in [0.1, 0.15) is 22.4 Å². The number of ether oxygens (including phenoxy) is 1. The van der Waals surface area contributed by atoms with Crippen LogP contribution in [0.25, 0.3) is 23.0 Å². The quantitative estimate of drug-likeness (QED) is 0.161. The van der Waals surface area contributed by atoms with Crippen molar-refractivity contribution in [1.82, 2.24) is 14.7 Å². The summed E-state index contributed by atoms with van der Waals surface area (Å²) in [6.45, 7) is 0.359. The molecule has 6 rings (SSSR count). The first-order valence-corrected chi connectivity index (χ1v) is 15.1. The van der Waals surface area contributed by atoms with Gasteiger partial charge in [-0.25, -0.2) is 4.68 Å². The maximum Gasteiger partial charge on any atom is 0.266 e. The van der Waals surface area contributed by atoms with Crippen molar-refractivity contribution in [2.45, 2.75) is 44.8 Å². The van der Waals surface area contributed by atoms with Gasteiger partial charge in [-0.1, -0.05) is 103 Å². The predicted octanol–water partition coefficient (Wildman–Crippen LogP) is 8.31. The van der Waals surface area contributed by atoms with E-state index in [-0.39, 0.29) is 11.9 Å². The second-order valence-corrected chi connectivity index (χ2v) is 12.0. The van der Waals surface area contributed by atoms with Gasteiger partial charge in [0.15, 0.2) is 0 Å². The highest BCUT2D eigenvalue weighted by Gasteiger charge is 2.37. The van der Waals surface area contributed by atoms with E-state index in [4.69, 9.17) is 33.7 Å². The first-order valence-electron chi connectivity index (χ1n) is 13.5. The van der Waals surface area contributed by atoms with Crippen LogP contribution in [0.1, 0.15) is 43.2 Å². The molecule has 0 atom stereocenters. The highest BCUT2D eigenvalue weighted by molar-refractivity contribution is 8.26. The molecular weight excluding hydrogens is 558 g/mol. The second-order valence-electron chi connectivity index (χ2n) is 9.96. The van der Waals surface area contributed by atoms with E-state index < -0.39 is 0 Å². The summed E-state index contributed by atoms with van der Waals surface area (Å²) in [6.07, 6.45) is 9.43. The molecule has 40 heavy (non-hydrogen) atoms. The number of nitrogens with zero attached hydrogens (tertiary/aromatic N) is 3. The number of thiocarbonyl (C=S) groups is 1. The first-order chi connectivity index (χ1) is 19.6. The maximum atomic E-state index is 13.5. The van der Waals surface area contributed by atoms with E-state index >= 15 is 0 Å². The number of thioether (sulfide) groups is 1. The number of aromatic nitrogens is 2. The average Bonchev–Trinajstić information content (AvgIpc) is 3.53. The second kappa shape index (κ2) is 12.0. The summed E-state index contributed by atoms with van der Waals surface area (Å²) < 4.78 is 8.59.